The molecule has 4 rings (SSSR count). The lowest BCUT2D eigenvalue weighted by Crippen LogP contribution is -2.15. The molecular weight excluding hydrogens is 421 g/mol. The summed E-state index contributed by atoms with van der Waals surface area (Å²) < 4.78 is 22.7. The maximum atomic E-state index is 13.8. The van der Waals surface area contributed by atoms with Gasteiger partial charge in [0, 0.05) is 24.0 Å². The van der Waals surface area contributed by atoms with E-state index >= 15 is 0 Å². The molecule has 8 heteroatoms. The molecule has 0 aliphatic carbocycles. The Labute approximate surface area is 191 Å². The van der Waals surface area contributed by atoms with Crippen molar-refractivity contribution in [1.29, 1.82) is 0 Å². The molecule has 0 saturated carbocycles. The third-order valence-electron chi connectivity index (χ3n) is 5.13. The van der Waals surface area contributed by atoms with Crippen LogP contribution in [0.15, 0.2) is 73.1 Å². The molecule has 2 aromatic heterocycles. The second-order valence-corrected chi connectivity index (χ2v) is 8.73. The first-order valence-electron chi connectivity index (χ1n) is 10.6. The number of hydrogen-bond donors (Lipinski definition) is 1. The van der Waals surface area contributed by atoms with Crippen molar-refractivity contribution in [3.63, 3.8) is 0 Å². The number of nitrogens with one attached hydrogen (secondary N) is 1. The van der Waals surface area contributed by atoms with Crippen molar-refractivity contribution in [2.75, 3.05) is 5.32 Å². The molecule has 0 unspecified atom stereocenters. The number of carbonyl (C=O) groups is 1. The smallest absolute Gasteiger partial charge is 0.277 e. The van der Waals surface area contributed by atoms with Gasteiger partial charge < -0.3 is 10.1 Å². The van der Waals surface area contributed by atoms with Gasteiger partial charge in [0.2, 0.25) is 0 Å². The lowest BCUT2D eigenvalue weighted by molar-refractivity contribution is 0.101. The molecule has 0 aliphatic rings. The van der Waals surface area contributed by atoms with Crippen LogP contribution >= 0.6 is 0 Å². The number of rotatable bonds is 7. The molecule has 0 atom stereocenters. The number of hydrogen-bond acceptors (Lipinski definition) is 4. The van der Waals surface area contributed by atoms with Crippen molar-refractivity contribution >= 4 is 11.7 Å². The molecule has 0 fully saturated rings. The van der Waals surface area contributed by atoms with Gasteiger partial charge in [0.1, 0.15) is 11.6 Å². The Balaban J connectivity index is 1.32. The van der Waals surface area contributed by atoms with Crippen LogP contribution in [0.4, 0.5) is 10.2 Å². The molecule has 33 heavy (non-hydrogen) atoms. The highest BCUT2D eigenvalue weighted by Crippen LogP contribution is 2.24. The van der Waals surface area contributed by atoms with Crippen LogP contribution in [0, 0.1) is 5.82 Å². The van der Waals surface area contributed by atoms with Gasteiger partial charge in [-0.2, -0.15) is 10.2 Å². The Morgan fingerprint density at radius 1 is 0.970 bits per heavy atom. The number of ether oxygens (including phenoxy) is 1. The molecule has 0 radical (unpaired) electrons. The van der Waals surface area contributed by atoms with Gasteiger partial charge in [-0.05, 0) is 35.2 Å². The fourth-order valence-corrected chi connectivity index (χ4v) is 3.24. The Morgan fingerprint density at radius 2 is 1.70 bits per heavy atom. The Kier molecular flexibility index (Phi) is 6.26. The third-order valence-corrected chi connectivity index (χ3v) is 5.13. The zero-order valence-corrected chi connectivity index (χ0v) is 18.8. The van der Waals surface area contributed by atoms with Gasteiger partial charge in [-0.25, -0.2) is 9.07 Å². The highest BCUT2D eigenvalue weighted by Gasteiger charge is 2.14. The Hall–Kier alpha value is -3.94. The number of anilines is 1. The first-order valence-corrected chi connectivity index (χ1v) is 10.6. The highest BCUT2D eigenvalue weighted by molar-refractivity contribution is 6.02. The number of nitrogens with zero attached hydrogens (tertiary/aromatic N) is 4. The van der Waals surface area contributed by atoms with Gasteiger partial charge in [0.25, 0.3) is 5.91 Å². The van der Waals surface area contributed by atoms with E-state index in [4.69, 9.17) is 4.74 Å². The van der Waals surface area contributed by atoms with Crippen LogP contribution in [0.3, 0.4) is 0 Å². The third kappa shape index (κ3) is 5.65. The summed E-state index contributed by atoms with van der Waals surface area (Å²) in [6.07, 6.45) is 3.36. The van der Waals surface area contributed by atoms with Gasteiger partial charge in [-0.3, -0.25) is 9.48 Å². The molecule has 1 amide bonds. The van der Waals surface area contributed by atoms with Crippen LogP contribution in [-0.4, -0.2) is 25.5 Å². The minimum Gasteiger partial charge on any atom is -0.471 e. The van der Waals surface area contributed by atoms with Crippen LogP contribution in [-0.2, 0) is 18.7 Å². The van der Waals surface area contributed by atoms with Crippen molar-refractivity contribution < 1.29 is 13.9 Å². The highest BCUT2D eigenvalue weighted by atomic mass is 19.1. The van der Waals surface area contributed by atoms with E-state index in [9.17, 15) is 9.18 Å². The molecule has 0 bridgehead atoms. The van der Waals surface area contributed by atoms with Crippen LogP contribution < -0.4 is 10.1 Å². The maximum absolute atomic E-state index is 13.8. The predicted molar refractivity (Wildman–Crippen MR) is 124 cm³/mol. The summed E-state index contributed by atoms with van der Waals surface area (Å²) in [5.74, 6) is 0.405. The van der Waals surface area contributed by atoms with Crippen LogP contribution in [0.2, 0.25) is 0 Å². The largest absolute Gasteiger partial charge is 0.471 e. The molecule has 0 aliphatic heterocycles. The number of carbonyl (C=O) groups excluding carboxylic acids is 1. The quantitative estimate of drug-likeness (QED) is 0.439. The van der Waals surface area contributed by atoms with Gasteiger partial charge in [-0.1, -0.05) is 51.1 Å². The van der Waals surface area contributed by atoms with Gasteiger partial charge in [0.05, 0.1) is 6.54 Å². The fourth-order valence-electron chi connectivity index (χ4n) is 3.24. The molecule has 0 saturated heterocycles. The molecule has 1 N–H and O–H groups in total. The van der Waals surface area contributed by atoms with E-state index in [0.29, 0.717) is 11.4 Å². The average molecular weight is 448 g/mol. The maximum Gasteiger partial charge on any atom is 0.277 e. The van der Waals surface area contributed by atoms with E-state index in [1.54, 1.807) is 52.1 Å². The molecule has 170 valence electrons. The molecule has 2 aromatic carbocycles. The minimum absolute atomic E-state index is 0.0797. The van der Waals surface area contributed by atoms with Gasteiger partial charge in [-0.15, -0.1) is 0 Å². The molecule has 2 heterocycles. The summed E-state index contributed by atoms with van der Waals surface area (Å²) in [4.78, 5) is 12.5. The summed E-state index contributed by atoms with van der Waals surface area (Å²) >= 11 is 0. The zero-order valence-electron chi connectivity index (χ0n) is 18.8. The Bertz CT molecular complexity index is 1240. The number of aromatic nitrogens is 4. The van der Waals surface area contributed by atoms with E-state index < -0.39 is 0 Å². The van der Waals surface area contributed by atoms with Crippen molar-refractivity contribution in [3.8, 4) is 5.75 Å². The van der Waals surface area contributed by atoms with Crippen molar-refractivity contribution in [2.45, 2.75) is 39.5 Å². The standard InChI is InChI=1S/C25H26FN5O2/c1-25(2,3)19-8-10-20(11-9-19)33-17-31-14-12-22(28-31)24(32)27-23-13-15-30(29-23)16-18-6-4-5-7-21(18)26/h4-15H,16-17H2,1-3H3,(H,27,29,32). The molecule has 0 spiro atoms. The normalized spacial score (nSPS) is 11.4. The first-order chi connectivity index (χ1) is 15.8. The Morgan fingerprint density at radius 3 is 2.42 bits per heavy atom. The summed E-state index contributed by atoms with van der Waals surface area (Å²) in [5, 5.41) is 11.2. The van der Waals surface area contributed by atoms with Crippen LogP contribution in [0.25, 0.3) is 0 Å². The summed E-state index contributed by atoms with van der Waals surface area (Å²) in [6, 6.07) is 17.7. The number of amides is 1. The molecule has 4 aromatic rings. The second kappa shape index (κ2) is 9.28. The monoisotopic (exact) mass is 447 g/mol. The summed E-state index contributed by atoms with van der Waals surface area (Å²) in [7, 11) is 0. The average Bonchev–Trinajstić information content (AvgIpc) is 3.43. The second-order valence-electron chi connectivity index (χ2n) is 8.73. The van der Waals surface area contributed by atoms with E-state index in [1.807, 2.05) is 24.3 Å². The van der Waals surface area contributed by atoms with Crippen molar-refractivity contribution in [2.24, 2.45) is 0 Å². The fraction of sp³-hybridized carbons (Fsp3) is 0.240. The number of halogens is 1. The van der Waals surface area contributed by atoms with Crippen molar-refractivity contribution in [3.05, 3.63) is 95.7 Å². The lowest BCUT2D eigenvalue weighted by atomic mass is 9.87. The number of benzene rings is 2. The molecule has 7 nitrogen and oxygen atoms in total. The van der Waals surface area contributed by atoms with Crippen LogP contribution in [0.1, 0.15) is 42.4 Å². The minimum atomic E-state index is -0.389. The molecular formula is C25H26FN5O2. The predicted octanol–water partition coefficient (Wildman–Crippen LogP) is 4.85. The first kappa shape index (κ1) is 22.3. The van der Waals surface area contributed by atoms with Gasteiger partial charge >= 0.3 is 0 Å². The summed E-state index contributed by atoms with van der Waals surface area (Å²) in [6.45, 7) is 6.93. The lowest BCUT2D eigenvalue weighted by Gasteiger charge is -2.19. The zero-order chi connectivity index (χ0) is 23.4. The topological polar surface area (TPSA) is 74.0 Å². The van der Waals surface area contributed by atoms with E-state index in [1.165, 1.54) is 11.6 Å². The summed E-state index contributed by atoms with van der Waals surface area (Å²) in [5.41, 5.74) is 2.07. The van der Waals surface area contributed by atoms with Gasteiger partial charge in [0.15, 0.2) is 18.2 Å². The van der Waals surface area contributed by atoms with E-state index in [0.717, 1.165) is 5.75 Å². The van der Waals surface area contributed by atoms with Crippen LogP contribution in [0.5, 0.6) is 5.75 Å². The van der Waals surface area contributed by atoms with Crippen molar-refractivity contribution in [1.82, 2.24) is 19.6 Å². The van der Waals surface area contributed by atoms with E-state index in [2.05, 4.69) is 36.3 Å². The SMILES string of the molecule is CC(C)(C)c1ccc(OCn2ccc(C(=O)Nc3ccn(Cc4ccccc4F)n3)n2)cc1. The van der Waals surface area contributed by atoms with E-state index in [-0.39, 0.29) is 36.1 Å².